The Morgan fingerprint density at radius 3 is 2.89 bits per heavy atom. The van der Waals surface area contributed by atoms with E-state index in [1.165, 1.54) is 19.4 Å². The monoisotopic (exact) mass is 244 g/mol. The molecule has 0 saturated carbocycles. The highest BCUT2D eigenvalue weighted by Crippen LogP contribution is 2.24. The van der Waals surface area contributed by atoms with Crippen LogP contribution < -0.4 is 0 Å². The van der Waals surface area contributed by atoms with Crippen LogP contribution in [0.15, 0.2) is 29.3 Å². The standard InChI is InChI=1S/C13H16N4O/c1-17-5-2-3-10(9-17)11-7-16-12(8-15-11)13-14-4-6-18-13/h4,6-8,10H,2-3,5,9H2,1H3. The van der Waals surface area contributed by atoms with E-state index in [0.29, 0.717) is 17.5 Å². The third-order valence-electron chi connectivity index (χ3n) is 3.37. The molecule has 0 aliphatic carbocycles. The van der Waals surface area contributed by atoms with Gasteiger partial charge in [0.1, 0.15) is 12.0 Å². The van der Waals surface area contributed by atoms with Crippen molar-refractivity contribution >= 4 is 0 Å². The third-order valence-corrected chi connectivity index (χ3v) is 3.37. The fourth-order valence-electron chi connectivity index (χ4n) is 2.42. The quantitative estimate of drug-likeness (QED) is 0.808. The molecule has 1 aliphatic rings. The number of oxazole rings is 1. The predicted octanol–water partition coefficient (Wildman–Crippen LogP) is 1.94. The maximum atomic E-state index is 5.20. The average Bonchev–Trinajstić information content (AvgIpc) is 2.93. The van der Waals surface area contributed by atoms with E-state index in [1.807, 2.05) is 6.20 Å². The van der Waals surface area contributed by atoms with Crippen molar-refractivity contribution in [3.05, 3.63) is 30.5 Å². The highest BCUT2D eigenvalue weighted by Gasteiger charge is 2.20. The number of likely N-dealkylation sites (tertiary alicyclic amines) is 1. The Kier molecular flexibility index (Phi) is 3.06. The lowest BCUT2D eigenvalue weighted by Crippen LogP contribution is -2.31. The summed E-state index contributed by atoms with van der Waals surface area (Å²) in [4.78, 5) is 15.3. The van der Waals surface area contributed by atoms with Gasteiger partial charge in [-0.2, -0.15) is 0 Å². The van der Waals surface area contributed by atoms with E-state index in [-0.39, 0.29) is 0 Å². The van der Waals surface area contributed by atoms with Crippen LogP contribution in [-0.2, 0) is 0 Å². The Hall–Kier alpha value is -1.75. The highest BCUT2D eigenvalue weighted by atomic mass is 16.3. The van der Waals surface area contributed by atoms with Crippen LogP contribution in [0.5, 0.6) is 0 Å². The van der Waals surface area contributed by atoms with Crippen molar-refractivity contribution in [1.82, 2.24) is 19.9 Å². The fourth-order valence-corrected chi connectivity index (χ4v) is 2.42. The third kappa shape index (κ3) is 2.26. The van der Waals surface area contributed by atoms with Gasteiger partial charge in [-0.3, -0.25) is 4.98 Å². The van der Waals surface area contributed by atoms with Crippen LogP contribution in [-0.4, -0.2) is 40.0 Å². The summed E-state index contributed by atoms with van der Waals surface area (Å²) in [7, 11) is 2.15. The van der Waals surface area contributed by atoms with Crippen molar-refractivity contribution in [3.63, 3.8) is 0 Å². The van der Waals surface area contributed by atoms with Gasteiger partial charge in [0.2, 0.25) is 5.89 Å². The van der Waals surface area contributed by atoms with Crippen molar-refractivity contribution in [2.75, 3.05) is 20.1 Å². The Bertz CT molecular complexity index is 494. The van der Waals surface area contributed by atoms with Gasteiger partial charge in [0, 0.05) is 18.7 Å². The summed E-state index contributed by atoms with van der Waals surface area (Å²) < 4.78 is 5.20. The second-order valence-corrected chi connectivity index (χ2v) is 4.77. The molecule has 5 heteroatoms. The SMILES string of the molecule is CN1CCCC(c2cnc(-c3ncco3)cn2)C1. The zero-order valence-electron chi connectivity index (χ0n) is 10.4. The van der Waals surface area contributed by atoms with Gasteiger partial charge in [0.15, 0.2) is 0 Å². The van der Waals surface area contributed by atoms with Crippen LogP contribution in [0.1, 0.15) is 24.5 Å². The number of rotatable bonds is 2. The number of likely N-dealkylation sites (N-methyl/N-ethyl adjacent to an activating group) is 1. The van der Waals surface area contributed by atoms with E-state index in [1.54, 1.807) is 18.7 Å². The van der Waals surface area contributed by atoms with Gasteiger partial charge < -0.3 is 9.32 Å². The summed E-state index contributed by atoms with van der Waals surface area (Å²) in [5.41, 5.74) is 1.75. The van der Waals surface area contributed by atoms with Gasteiger partial charge in [-0.05, 0) is 26.4 Å². The summed E-state index contributed by atoms with van der Waals surface area (Å²) in [6, 6.07) is 0. The lowest BCUT2D eigenvalue weighted by atomic mass is 9.95. The summed E-state index contributed by atoms with van der Waals surface area (Å²) in [5, 5.41) is 0. The Balaban J connectivity index is 1.78. The minimum absolute atomic E-state index is 0.495. The molecule has 0 spiro atoms. The van der Waals surface area contributed by atoms with E-state index < -0.39 is 0 Å². The number of nitrogens with zero attached hydrogens (tertiary/aromatic N) is 4. The minimum Gasteiger partial charge on any atom is -0.443 e. The number of hydrogen-bond acceptors (Lipinski definition) is 5. The molecule has 3 rings (SSSR count). The zero-order valence-corrected chi connectivity index (χ0v) is 10.4. The second-order valence-electron chi connectivity index (χ2n) is 4.77. The molecule has 2 aromatic heterocycles. The summed E-state index contributed by atoms with van der Waals surface area (Å²) in [5.74, 6) is 1.02. The molecule has 2 aromatic rings. The highest BCUT2D eigenvalue weighted by molar-refractivity contribution is 5.44. The van der Waals surface area contributed by atoms with Crippen LogP contribution in [0.25, 0.3) is 11.6 Å². The van der Waals surface area contributed by atoms with Crippen molar-refractivity contribution in [2.24, 2.45) is 0 Å². The molecule has 94 valence electrons. The molecule has 1 atom stereocenters. The molecule has 0 amide bonds. The summed E-state index contributed by atoms with van der Waals surface area (Å²) >= 11 is 0. The van der Waals surface area contributed by atoms with E-state index >= 15 is 0 Å². The van der Waals surface area contributed by atoms with E-state index in [0.717, 1.165) is 12.2 Å². The molecule has 1 unspecified atom stereocenters. The van der Waals surface area contributed by atoms with Crippen molar-refractivity contribution in [3.8, 4) is 11.6 Å². The van der Waals surface area contributed by atoms with E-state index in [2.05, 4.69) is 26.9 Å². The lowest BCUT2D eigenvalue weighted by Gasteiger charge is -2.28. The van der Waals surface area contributed by atoms with Crippen LogP contribution in [0, 0.1) is 0 Å². The van der Waals surface area contributed by atoms with Crippen LogP contribution in [0.2, 0.25) is 0 Å². The zero-order chi connectivity index (χ0) is 12.4. The van der Waals surface area contributed by atoms with Gasteiger partial charge in [-0.25, -0.2) is 9.97 Å². The molecular formula is C13H16N4O. The molecule has 3 heterocycles. The number of piperidine rings is 1. The first-order valence-corrected chi connectivity index (χ1v) is 6.23. The molecule has 0 N–H and O–H groups in total. The van der Waals surface area contributed by atoms with Gasteiger partial charge in [-0.1, -0.05) is 0 Å². The number of hydrogen-bond donors (Lipinski definition) is 0. The molecule has 0 radical (unpaired) electrons. The van der Waals surface area contributed by atoms with Crippen molar-refractivity contribution in [2.45, 2.75) is 18.8 Å². The molecule has 0 aromatic carbocycles. The van der Waals surface area contributed by atoms with Gasteiger partial charge in [-0.15, -0.1) is 0 Å². The maximum absolute atomic E-state index is 5.20. The average molecular weight is 244 g/mol. The first-order chi connectivity index (χ1) is 8.83. The molecule has 1 aliphatic heterocycles. The van der Waals surface area contributed by atoms with Crippen LogP contribution >= 0.6 is 0 Å². The minimum atomic E-state index is 0.495. The smallest absolute Gasteiger partial charge is 0.246 e. The Morgan fingerprint density at radius 1 is 1.28 bits per heavy atom. The summed E-state index contributed by atoms with van der Waals surface area (Å²) in [6.45, 7) is 2.24. The fraction of sp³-hybridized carbons (Fsp3) is 0.462. The topological polar surface area (TPSA) is 55.1 Å². The molecular weight excluding hydrogens is 228 g/mol. The summed E-state index contributed by atoms with van der Waals surface area (Å²) in [6.07, 6.45) is 9.17. The first-order valence-electron chi connectivity index (χ1n) is 6.23. The Labute approximate surface area is 106 Å². The second kappa shape index (κ2) is 4.86. The van der Waals surface area contributed by atoms with Crippen LogP contribution in [0.3, 0.4) is 0 Å². The van der Waals surface area contributed by atoms with E-state index in [9.17, 15) is 0 Å². The predicted molar refractivity (Wildman–Crippen MR) is 67.0 cm³/mol. The normalized spacial score (nSPS) is 21.1. The van der Waals surface area contributed by atoms with Gasteiger partial charge in [0.05, 0.1) is 18.1 Å². The molecule has 18 heavy (non-hydrogen) atoms. The molecule has 1 fully saturated rings. The first kappa shape index (κ1) is 11.3. The molecule has 0 bridgehead atoms. The lowest BCUT2D eigenvalue weighted by molar-refractivity contribution is 0.248. The van der Waals surface area contributed by atoms with E-state index in [4.69, 9.17) is 4.42 Å². The maximum Gasteiger partial charge on any atom is 0.246 e. The van der Waals surface area contributed by atoms with Gasteiger partial charge in [0.25, 0.3) is 0 Å². The van der Waals surface area contributed by atoms with Crippen molar-refractivity contribution in [1.29, 1.82) is 0 Å². The largest absolute Gasteiger partial charge is 0.443 e. The molecule has 1 saturated heterocycles. The number of aromatic nitrogens is 3. The van der Waals surface area contributed by atoms with Crippen LogP contribution in [0.4, 0.5) is 0 Å². The van der Waals surface area contributed by atoms with Gasteiger partial charge >= 0.3 is 0 Å². The Morgan fingerprint density at radius 2 is 2.22 bits per heavy atom. The van der Waals surface area contributed by atoms with Crippen molar-refractivity contribution < 1.29 is 4.42 Å². The molecule has 5 nitrogen and oxygen atoms in total.